The molecule has 2 spiro atoms. The third kappa shape index (κ3) is 0.854. The van der Waals surface area contributed by atoms with Crippen LogP contribution in [0.5, 0.6) is 0 Å². The van der Waals surface area contributed by atoms with E-state index in [1.165, 1.54) is 6.42 Å². The molecule has 21 heavy (non-hydrogen) atoms. The van der Waals surface area contributed by atoms with Gasteiger partial charge in [0.1, 0.15) is 0 Å². The van der Waals surface area contributed by atoms with Gasteiger partial charge < -0.3 is 0 Å². The van der Waals surface area contributed by atoms with Gasteiger partial charge in [0, 0.05) is 16.7 Å². The van der Waals surface area contributed by atoms with Crippen LogP contribution in [0.4, 0.5) is 0 Å². The average molecular weight is 268 g/mol. The van der Waals surface area contributed by atoms with Gasteiger partial charge in [-0.15, -0.1) is 0 Å². The van der Waals surface area contributed by atoms with E-state index in [1.807, 2.05) is 0 Å². The summed E-state index contributed by atoms with van der Waals surface area (Å²) in [6.07, 6.45) is 10.8. The van der Waals surface area contributed by atoms with Gasteiger partial charge in [-0.2, -0.15) is 0 Å². The Balaban J connectivity index is 1.76. The number of hydrogen-bond donors (Lipinski definition) is 0. The van der Waals surface area contributed by atoms with Gasteiger partial charge in [0.2, 0.25) is 0 Å². The molecule has 2 bridgehead atoms. The predicted molar refractivity (Wildman–Crippen MR) is 84.6 cm³/mol. The van der Waals surface area contributed by atoms with Crippen LogP contribution in [0.3, 0.4) is 0 Å². The minimum atomic E-state index is 0.210. The minimum absolute atomic E-state index is 0.210. The quantitative estimate of drug-likeness (QED) is 0.655. The van der Waals surface area contributed by atoms with E-state index < -0.39 is 0 Å². The summed E-state index contributed by atoms with van der Waals surface area (Å²) in [5, 5.41) is 0. The fourth-order valence-electron chi connectivity index (χ4n) is 6.08. The minimum Gasteiger partial charge on any atom is -0.0727 e. The molecule has 0 radical (unpaired) electrons. The topological polar surface area (TPSA) is 0 Å². The lowest BCUT2D eigenvalue weighted by Gasteiger charge is -2.58. The molecule has 0 aromatic heterocycles. The van der Waals surface area contributed by atoms with Crippen molar-refractivity contribution in [2.75, 3.05) is 0 Å². The van der Waals surface area contributed by atoms with Crippen molar-refractivity contribution in [2.24, 2.45) is 0 Å². The van der Waals surface area contributed by atoms with Crippen LogP contribution in [-0.4, -0.2) is 0 Å². The van der Waals surface area contributed by atoms with Crippen LogP contribution in [0.15, 0.2) is 72.8 Å². The molecule has 0 heterocycles. The summed E-state index contributed by atoms with van der Waals surface area (Å²) in [6.45, 7) is 0. The van der Waals surface area contributed by atoms with Gasteiger partial charge in [-0.3, -0.25) is 0 Å². The van der Waals surface area contributed by atoms with Crippen molar-refractivity contribution in [3.63, 3.8) is 0 Å². The highest BCUT2D eigenvalue weighted by atomic mass is 14.7. The third-order valence-electron chi connectivity index (χ3n) is 6.61. The van der Waals surface area contributed by atoms with Gasteiger partial charge in [-0.25, -0.2) is 0 Å². The number of rotatable bonds is 0. The first-order valence-electron chi connectivity index (χ1n) is 7.94. The lowest BCUT2D eigenvalue weighted by Crippen LogP contribution is -2.54. The van der Waals surface area contributed by atoms with Crippen molar-refractivity contribution in [3.8, 4) is 0 Å². The van der Waals surface area contributed by atoms with E-state index in [4.69, 9.17) is 0 Å². The third-order valence-corrected chi connectivity index (χ3v) is 6.61. The molecule has 0 N–H and O–H groups in total. The summed E-state index contributed by atoms with van der Waals surface area (Å²) in [5.74, 6) is 1.38. The van der Waals surface area contributed by atoms with Crippen LogP contribution in [0.2, 0.25) is 0 Å². The van der Waals surface area contributed by atoms with Gasteiger partial charge in [0.15, 0.2) is 0 Å². The van der Waals surface area contributed by atoms with Crippen molar-refractivity contribution in [2.45, 2.75) is 29.1 Å². The van der Waals surface area contributed by atoms with Crippen molar-refractivity contribution in [1.29, 1.82) is 0 Å². The van der Waals surface area contributed by atoms with Crippen molar-refractivity contribution in [3.05, 3.63) is 95.1 Å². The van der Waals surface area contributed by atoms with Crippen LogP contribution < -0.4 is 0 Å². The summed E-state index contributed by atoms with van der Waals surface area (Å²) < 4.78 is 0. The van der Waals surface area contributed by atoms with Crippen molar-refractivity contribution in [1.82, 2.24) is 0 Å². The van der Waals surface area contributed by atoms with Crippen molar-refractivity contribution >= 4 is 0 Å². The first kappa shape index (κ1) is 10.6. The summed E-state index contributed by atoms with van der Waals surface area (Å²) in [6, 6.07) is 18.3. The molecular weight excluding hydrogens is 252 g/mol. The predicted octanol–water partition coefficient (Wildman–Crippen LogP) is 4.59. The SMILES string of the molecule is C1=C[C@@]23C[C@H](c4ccccc42)[C@H]2c4ccccc4[C@]23C=C1. The van der Waals surface area contributed by atoms with E-state index in [0.717, 1.165) is 0 Å². The highest BCUT2D eigenvalue weighted by Crippen LogP contribution is 2.79. The highest BCUT2D eigenvalue weighted by Gasteiger charge is 2.73. The summed E-state index contributed by atoms with van der Waals surface area (Å²) in [5.41, 5.74) is 6.81. The van der Waals surface area contributed by atoms with Gasteiger partial charge in [0.25, 0.3) is 0 Å². The maximum absolute atomic E-state index is 2.51. The first-order chi connectivity index (χ1) is 10.4. The van der Waals surface area contributed by atoms with Gasteiger partial charge in [0.05, 0.1) is 0 Å². The second-order valence-electron chi connectivity index (χ2n) is 7.02. The zero-order valence-corrected chi connectivity index (χ0v) is 11.8. The van der Waals surface area contributed by atoms with Crippen LogP contribution in [0, 0.1) is 0 Å². The van der Waals surface area contributed by atoms with Gasteiger partial charge in [-0.1, -0.05) is 72.8 Å². The van der Waals surface area contributed by atoms with Crippen LogP contribution in [-0.2, 0) is 10.8 Å². The average Bonchev–Trinajstić information content (AvgIpc) is 2.98. The molecular formula is C21H16. The van der Waals surface area contributed by atoms with E-state index >= 15 is 0 Å². The van der Waals surface area contributed by atoms with E-state index in [9.17, 15) is 0 Å². The van der Waals surface area contributed by atoms with Crippen LogP contribution in [0.1, 0.15) is 40.5 Å². The Morgan fingerprint density at radius 2 is 1.48 bits per heavy atom. The molecule has 1 fully saturated rings. The van der Waals surface area contributed by atoms with Crippen LogP contribution in [0.25, 0.3) is 0 Å². The molecule has 0 unspecified atom stereocenters. The van der Waals surface area contributed by atoms with Gasteiger partial charge >= 0.3 is 0 Å². The molecule has 4 aliphatic rings. The van der Waals surface area contributed by atoms with Crippen LogP contribution >= 0.6 is 0 Å². The van der Waals surface area contributed by atoms with E-state index in [0.29, 0.717) is 11.8 Å². The largest absolute Gasteiger partial charge is 0.0727 e. The molecule has 6 rings (SSSR count). The second-order valence-corrected chi connectivity index (χ2v) is 7.02. The first-order valence-corrected chi connectivity index (χ1v) is 7.94. The van der Waals surface area contributed by atoms with E-state index in [2.05, 4.69) is 72.8 Å². The smallest absolute Gasteiger partial charge is 0.0344 e. The molecule has 0 amide bonds. The molecule has 1 saturated carbocycles. The fraction of sp³-hybridized carbons (Fsp3) is 0.238. The molecule has 0 nitrogen and oxygen atoms in total. The highest BCUT2D eigenvalue weighted by molar-refractivity contribution is 5.72. The number of allylic oxidation sites excluding steroid dienone is 4. The van der Waals surface area contributed by atoms with E-state index in [-0.39, 0.29) is 10.8 Å². The van der Waals surface area contributed by atoms with Crippen molar-refractivity contribution < 1.29 is 0 Å². The number of hydrogen-bond acceptors (Lipinski definition) is 0. The lowest BCUT2D eigenvalue weighted by atomic mass is 9.44. The number of fused-ring (bicyclic) bond motifs is 6. The summed E-state index contributed by atoms with van der Waals surface area (Å²) in [7, 11) is 0. The second kappa shape index (κ2) is 3.06. The Morgan fingerprint density at radius 3 is 2.38 bits per heavy atom. The zero-order chi connectivity index (χ0) is 13.7. The number of benzene rings is 2. The lowest BCUT2D eigenvalue weighted by molar-refractivity contribution is 0.293. The normalized spacial score (nSPS) is 39.2. The summed E-state index contributed by atoms with van der Waals surface area (Å²) >= 11 is 0. The zero-order valence-electron chi connectivity index (χ0n) is 11.8. The van der Waals surface area contributed by atoms with E-state index in [1.54, 1.807) is 22.3 Å². The Labute approximate surface area is 124 Å². The molecule has 0 heteroatoms. The Hall–Kier alpha value is -2.08. The maximum Gasteiger partial charge on any atom is 0.0344 e. The molecule has 0 saturated heterocycles. The molecule has 0 aliphatic heterocycles. The monoisotopic (exact) mass is 268 g/mol. The molecule has 100 valence electrons. The Morgan fingerprint density at radius 1 is 0.762 bits per heavy atom. The standard InChI is InChI=1S/C21H16/c1-3-9-17-14(7-1)16-13-20(17)11-5-6-12-21(20)18-10-4-2-8-15(18)19(16)21/h1-12,16,19H,13H2/t16-,19-,20-,21-/m1/s1. The summed E-state index contributed by atoms with van der Waals surface area (Å²) in [4.78, 5) is 0. The maximum atomic E-state index is 2.51. The molecule has 4 atom stereocenters. The molecule has 4 aliphatic carbocycles. The Kier molecular flexibility index (Phi) is 1.55. The van der Waals surface area contributed by atoms with Gasteiger partial charge in [-0.05, 0) is 34.6 Å². The molecule has 2 aromatic rings. The fourth-order valence-corrected chi connectivity index (χ4v) is 6.08. The molecule has 2 aromatic carbocycles. The Bertz CT molecular complexity index is 844.